The lowest BCUT2D eigenvalue weighted by Gasteiger charge is -2.04. The van der Waals surface area contributed by atoms with E-state index in [1.165, 1.54) is 22.4 Å². The molecule has 1 N–H and O–H groups in total. The van der Waals surface area contributed by atoms with Crippen LogP contribution in [0.1, 0.15) is 16.7 Å². The second-order valence-electron chi connectivity index (χ2n) is 4.20. The molecule has 0 atom stereocenters. The molecule has 80 valence electrons. The van der Waals surface area contributed by atoms with E-state index in [0.717, 1.165) is 19.4 Å². The van der Waals surface area contributed by atoms with Gasteiger partial charge in [-0.3, -0.25) is 4.98 Å². The minimum absolute atomic E-state index is 0.996. The van der Waals surface area contributed by atoms with Gasteiger partial charge in [0.05, 0.1) is 0 Å². The molecule has 0 bridgehead atoms. The third-order valence-electron chi connectivity index (χ3n) is 3.04. The van der Waals surface area contributed by atoms with Crippen molar-refractivity contribution in [3.63, 3.8) is 0 Å². The first-order chi connectivity index (χ1) is 7.92. The molecule has 0 spiro atoms. The average molecular weight is 210 g/mol. The number of hydrogen-bond acceptors (Lipinski definition) is 2. The maximum absolute atomic E-state index is 4.03. The van der Waals surface area contributed by atoms with E-state index >= 15 is 0 Å². The Morgan fingerprint density at radius 1 is 1.06 bits per heavy atom. The molecule has 1 aromatic carbocycles. The Labute approximate surface area is 95.3 Å². The van der Waals surface area contributed by atoms with Crippen molar-refractivity contribution in [2.75, 3.05) is 11.9 Å². The van der Waals surface area contributed by atoms with Gasteiger partial charge in [-0.25, -0.2) is 0 Å². The number of nitrogens with one attached hydrogen (secondary N) is 1. The number of aromatic nitrogens is 1. The lowest BCUT2D eigenvalue weighted by atomic mass is 10.0. The fourth-order valence-electron chi connectivity index (χ4n) is 2.20. The zero-order valence-electron chi connectivity index (χ0n) is 9.11. The van der Waals surface area contributed by atoms with E-state index in [-0.39, 0.29) is 0 Å². The van der Waals surface area contributed by atoms with Crippen molar-refractivity contribution in [3.8, 4) is 0 Å². The highest BCUT2D eigenvalue weighted by molar-refractivity contribution is 5.56. The molecule has 0 saturated carbocycles. The molecule has 2 heteroatoms. The van der Waals surface area contributed by atoms with Crippen LogP contribution < -0.4 is 5.32 Å². The molecule has 0 unspecified atom stereocenters. The van der Waals surface area contributed by atoms with Gasteiger partial charge in [0.25, 0.3) is 0 Å². The molecule has 1 aliphatic rings. The minimum Gasteiger partial charge on any atom is -0.384 e. The number of hydrogen-bond donors (Lipinski definition) is 1. The third-order valence-corrected chi connectivity index (χ3v) is 3.04. The van der Waals surface area contributed by atoms with E-state index in [0.29, 0.717) is 0 Å². The highest BCUT2D eigenvalue weighted by Crippen LogP contribution is 2.23. The molecule has 16 heavy (non-hydrogen) atoms. The van der Waals surface area contributed by atoms with Gasteiger partial charge in [0.1, 0.15) is 0 Å². The Hall–Kier alpha value is -1.83. The van der Waals surface area contributed by atoms with Crippen LogP contribution in [-0.4, -0.2) is 11.5 Å². The standard InChI is InChI=1S/C14H14N2/c1-2-14-13(5-8-16-14)10-12(1)9-11-3-6-15-7-4-11/h1-4,6-7,10,16H,5,8-9H2. The fraction of sp³-hybridized carbons (Fsp3) is 0.214. The molecule has 2 aromatic rings. The highest BCUT2D eigenvalue weighted by Gasteiger charge is 2.09. The molecule has 0 fully saturated rings. The minimum atomic E-state index is 0.996. The van der Waals surface area contributed by atoms with E-state index in [1.807, 2.05) is 12.4 Å². The first kappa shape index (κ1) is 9.40. The summed E-state index contributed by atoms with van der Waals surface area (Å²) in [5.74, 6) is 0. The van der Waals surface area contributed by atoms with E-state index in [2.05, 4.69) is 40.6 Å². The van der Waals surface area contributed by atoms with Crippen LogP contribution in [0.15, 0.2) is 42.7 Å². The van der Waals surface area contributed by atoms with Gasteiger partial charge in [0.2, 0.25) is 0 Å². The molecule has 2 nitrogen and oxygen atoms in total. The highest BCUT2D eigenvalue weighted by atomic mass is 14.9. The number of benzene rings is 1. The zero-order chi connectivity index (χ0) is 10.8. The second-order valence-corrected chi connectivity index (χ2v) is 4.20. The summed E-state index contributed by atoms with van der Waals surface area (Å²) in [6.07, 6.45) is 5.85. The first-order valence-electron chi connectivity index (χ1n) is 5.66. The summed E-state index contributed by atoms with van der Waals surface area (Å²) in [5, 5.41) is 3.38. The Balaban J connectivity index is 1.86. The van der Waals surface area contributed by atoms with Crippen LogP contribution in [0.2, 0.25) is 0 Å². The number of anilines is 1. The smallest absolute Gasteiger partial charge is 0.0373 e. The molecular weight excluding hydrogens is 196 g/mol. The maximum Gasteiger partial charge on any atom is 0.0373 e. The van der Waals surface area contributed by atoms with E-state index < -0.39 is 0 Å². The Morgan fingerprint density at radius 3 is 2.81 bits per heavy atom. The van der Waals surface area contributed by atoms with Gasteiger partial charge in [-0.2, -0.15) is 0 Å². The van der Waals surface area contributed by atoms with E-state index in [9.17, 15) is 0 Å². The SMILES string of the molecule is c1cc(Cc2ccc3c(c2)CCN3)ccn1. The maximum atomic E-state index is 4.03. The summed E-state index contributed by atoms with van der Waals surface area (Å²) in [7, 11) is 0. The van der Waals surface area contributed by atoms with Crippen molar-refractivity contribution in [3.05, 3.63) is 59.4 Å². The number of rotatable bonds is 2. The summed E-state index contributed by atoms with van der Waals surface area (Å²) < 4.78 is 0. The van der Waals surface area contributed by atoms with Crippen LogP contribution in [0.5, 0.6) is 0 Å². The number of nitrogens with zero attached hydrogens (tertiary/aromatic N) is 1. The summed E-state index contributed by atoms with van der Waals surface area (Å²) >= 11 is 0. The predicted octanol–water partition coefficient (Wildman–Crippen LogP) is 2.64. The second kappa shape index (κ2) is 3.97. The summed E-state index contributed by atoms with van der Waals surface area (Å²) in [4.78, 5) is 4.03. The van der Waals surface area contributed by atoms with Crippen molar-refractivity contribution in [1.82, 2.24) is 4.98 Å². The molecule has 2 heterocycles. The van der Waals surface area contributed by atoms with Gasteiger partial charge in [0.15, 0.2) is 0 Å². The molecule has 0 amide bonds. The largest absolute Gasteiger partial charge is 0.384 e. The van der Waals surface area contributed by atoms with Crippen molar-refractivity contribution in [1.29, 1.82) is 0 Å². The normalized spacial score (nSPS) is 13.2. The van der Waals surface area contributed by atoms with Crippen LogP contribution >= 0.6 is 0 Å². The molecule has 0 radical (unpaired) electrons. The van der Waals surface area contributed by atoms with Crippen LogP contribution in [0.4, 0.5) is 5.69 Å². The quantitative estimate of drug-likeness (QED) is 0.824. The van der Waals surface area contributed by atoms with Crippen molar-refractivity contribution in [2.24, 2.45) is 0 Å². The molecule has 0 saturated heterocycles. The number of fused-ring (bicyclic) bond motifs is 1. The Bertz CT molecular complexity index is 491. The van der Waals surface area contributed by atoms with Gasteiger partial charge < -0.3 is 5.32 Å². The van der Waals surface area contributed by atoms with Gasteiger partial charge in [-0.15, -0.1) is 0 Å². The molecule has 1 aliphatic heterocycles. The lowest BCUT2D eigenvalue weighted by molar-refractivity contribution is 1.09. The fourth-order valence-corrected chi connectivity index (χ4v) is 2.20. The zero-order valence-corrected chi connectivity index (χ0v) is 9.11. The van der Waals surface area contributed by atoms with E-state index in [4.69, 9.17) is 0 Å². The Kier molecular flexibility index (Phi) is 2.33. The summed E-state index contributed by atoms with van der Waals surface area (Å²) in [6, 6.07) is 10.9. The van der Waals surface area contributed by atoms with Gasteiger partial charge in [-0.1, -0.05) is 12.1 Å². The summed E-state index contributed by atoms with van der Waals surface area (Å²) in [6.45, 7) is 1.08. The Morgan fingerprint density at radius 2 is 1.94 bits per heavy atom. The lowest BCUT2D eigenvalue weighted by Crippen LogP contribution is -1.91. The van der Waals surface area contributed by atoms with Gasteiger partial charge >= 0.3 is 0 Å². The third kappa shape index (κ3) is 1.78. The monoisotopic (exact) mass is 210 g/mol. The number of pyridine rings is 1. The van der Waals surface area contributed by atoms with Gasteiger partial charge in [-0.05, 0) is 47.7 Å². The van der Waals surface area contributed by atoms with Crippen molar-refractivity contribution < 1.29 is 0 Å². The van der Waals surface area contributed by atoms with Crippen molar-refractivity contribution in [2.45, 2.75) is 12.8 Å². The topological polar surface area (TPSA) is 24.9 Å². The van der Waals surface area contributed by atoms with Crippen LogP contribution in [-0.2, 0) is 12.8 Å². The van der Waals surface area contributed by atoms with E-state index in [1.54, 1.807) is 0 Å². The van der Waals surface area contributed by atoms with Crippen molar-refractivity contribution >= 4 is 5.69 Å². The average Bonchev–Trinajstić information content (AvgIpc) is 2.77. The van der Waals surface area contributed by atoms with Crippen LogP contribution in [0, 0.1) is 0 Å². The van der Waals surface area contributed by atoms with Gasteiger partial charge in [0, 0.05) is 24.6 Å². The molecule has 0 aliphatic carbocycles. The summed E-state index contributed by atoms with van der Waals surface area (Å²) in [5.41, 5.74) is 5.46. The molecule has 3 rings (SSSR count). The molecular formula is C14H14N2. The molecule has 1 aromatic heterocycles. The van der Waals surface area contributed by atoms with Crippen LogP contribution in [0.3, 0.4) is 0 Å². The predicted molar refractivity (Wildman–Crippen MR) is 65.7 cm³/mol. The first-order valence-corrected chi connectivity index (χ1v) is 5.66. The van der Waals surface area contributed by atoms with Crippen LogP contribution in [0.25, 0.3) is 0 Å².